The lowest BCUT2D eigenvalue weighted by molar-refractivity contribution is -0.0302. The normalized spacial score (nSPS) is 11.0. The first-order valence-corrected chi connectivity index (χ1v) is 51.2. The Bertz CT molecular complexity index is 5050. The van der Waals surface area contributed by atoms with Crippen LogP contribution in [-0.4, -0.2) is 198 Å². The van der Waals surface area contributed by atoms with Crippen LogP contribution in [0.5, 0.6) is 0 Å². The number of hydrogen-bond acceptors (Lipinski definition) is 18. The molecule has 0 heterocycles. The molecule has 12 aromatic carbocycles. The third-order valence-corrected chi connectivity index (χ3v) is 21.4. The molecule has 0 amide bonds. The fourth-order valence-electron chi connectivity index (χ4n) is 13.7. The Kier molecular flexibility index (Phi) is 67.2. The van der Waals surface area contributed by atoms with E-state index in [1.807, 2.05) is 265 Å². The second kappa shape index (κ2) is 81.7. The summed E-state index contributed by atoms with van der Waals surface area (Å²) >= 11 is 0. The van der Waals surface area contributed by atoms with E-state index in [2.05, 4.69) is 185 Å². The van der Waals surface area contributed by atoms with Gasteiger partial charge in [0, 0.05) is 73.6 Å². The number of methoxy groups -OCH3 is 1. The van der Waals surface area contributed by atoms with Crippen molar-refractivity contribution < 1.29 is 85.3 Å². The van der Waals surface area contributed by atoms with E-state index in [-0.39, 0.29) is 12.2 Å². The van der Waals surface area contributed by atoms with Crippen molar-refractivity contribution in [2.45, 2.75) is 99.7 Å². The van der Waals surface area contributed by atoms with Gasteiger partial charge < -0.3 is 85.3 Å². The maximum Gasteiger partial charge on any atom is 0.118 e. The molecule has 18 heteroatoms. The van der Waals surface area contributed by atoms with Crippen LogP contribution in [-0.2, 0) is 85.3 Å². The maximum atomic E-state index is 5.91. The fourth-order valence-corrected chi connectivity index (χ4v) is 13.7. The van der Waals surface area contributed by atoms with Crippen LogP contribution >= 0.6 is 0 Å². The predicted octanol–water partition coefficient (Wildman–Crippen LogP) is 27.5. The quantitative estimate of drug-likeness (QED) is 0.0261. The van der Waals surface area contributed by atoms with Crippen LogP contribution < -0.4 is 0 Å². The summed E-state index contributed by atoms with van der Waals surface area (Å²) in [6, 6.07) is 121. The smallest absolute Gasteiger partial charge is 0.118 e. The minimum absolute atomic E-state index is 0.0354. The summed E-state index contributed by atoms with van der Waals surface area (Å²) in [4.78, 5) is 0. The average molecular weight is 1970 g/mol. The van der Waals surface area contributed by atoms with Gasteiger partial charge in [-0.05, 0) is 121 Å². The average Bonchev–Trinajstić information content (AvgIpc) is 0.853. The Hall–Kier alpha value is -12.6. The first-order valence-electron chi connectivity index (χ1n) is 51.2. The Morgan fingerprint density at radius 1 is 0.200 bits per heavy atom. The van der Waals surface area contributed by atoms with Crippen molar-refractivity contribution in [1.29, 1.82) is 0 Å². The number of unbranched alkanes of at least 4 members (excludes halogenated alkanes) is 2. The number of rotatable bonds is 64. The van der Waals surface area contributed by atoms with Crippen LogP contribution in [0.3, 0.4) is 0 Å². The summed E-state index contributed by atoms with van der Waals surface area (Å²) in [6.07, 6.45) is 16.5. The molecule has 0 aliphatic heterocycles. The summed E-state index contributed by atoms with van der Waals surface area (Å²) in [5.74, 6) is 0. The van der Waals surface area contributed by atoms with Crippen LogP contribution in [0, 0.1) is 6.92 Å². The molecule has 2 atom stereocenters. The van der Waals surface area contributed by atoms with Crippen molar-refractivity contribution in [2.75, 3.05) is 185 Å². The molecule has 0 saturated carbocycles. The van der Waals surface area contributed by atoms with Gasteiger partial charge in [-0.1, -0.05) is 397 Å². The molecule has 0 N–H and O–H groups in total. The van der Waals surface area contributed by atoms with Gasteiger partial charge in [-0.2, -0.15) is 0 Å². The highest BCUT2D eigenvalue weighted by Crippen LogP contribution is 2.30. The van der Waals surface area contributed by atoms with E-state index in [0.29, 0.717) is 145 Å². The Balaban J connectivity index is 0.000000236. The third-order valence-electron chi connectivity index (χ3n) is 21.4. The first-order chi connectivity index (χ1) is 71.7. The van der Waals surface area contributed by atoms with E-state index in [4.69, 9.17) is 85.3 Å². The van der Waals surface area contributed by atoms with Crippen LogP contribution in [0.2, 0.25) is 0 Å². The highest BCUT2D eigenvalue weighted by molar-refractivity contribution is 5.83. The highest BCUT2D eigenvalue weighted by Gasteiger charge is 2.14. The van der Waals surface area contributed by atoms with Gasteiger partial charge >= 0.3 is 0 Å². The molecule has 0 aliphatic rings. The molecular weight excluding hydrogens is 1810 g/mol. The van der Waals surface area contributed by atoms with Crippen LogP contribution in [0.1, 0.15) is 153 Å². The van der Waals surface area contributed by atoms with Gasteiger partial charge in [0.25, 0.3) is 0 Å². The number of benzene rings is 12. The van der Waals surface area contributed by atoms with Crippen molar-refractivity contribution >= 4 is 33.4 Å². The first kappa shape index (κ1) is 119. The van der Waals surface area contributed by atoms with Crippen molar-refractivity contribution in [3.05, 3.63) is 468 Å². The van der Waals surface area contributed by atoms with Gasteiger partial charge in [0.15, 0.2) is 0 Å². The zero-order chi connectivity index (χ0) is 102. The molecule has 12 rings (SSSR count). The van der Waals surface area contributed by atoms with E-state index < -0.39 is 0 Å². The van der Waals surface area contributed by atoms with E-state index in [0.717, 1.165) is 165 Å². The van der Waals surface area contributed by atoms with Crippen molar-refractivity contribution in [2.24, 2.45) is 0 Å². The molecule has 0 aliphatic carbocycles. The maximum absolute atomic E-state index is 5.91. The molecule has 0 spiro atoms. The lowest BCUT2D eigenvalue weighted by atomic mass is 9.98. The molecule has 774 valence electrons. The summed E-state index contributed by atoms with van der Waals surface area (Å²) in [5.41, 5.74) is 21.3. The molecular formula is C127H158O18. The molecule has 2 unspecified atom stereocenters. The monoisotopic (exact) mass is 1970 g/mol. The van der Waals surface area contributed by atoms with Gasteiger partial charge in [0.1, 0.15) is 39.1 Å². The van der Waals surface area contributed by atoms with Crippen molar-refractivity contribution in [3.8, 4) is 0 Å². The predicted molar refractivity (Wildman–Crippen MR) is 592 cm³/mol. The molecule has 0 aromatic heterocycles. The second-order valence-electron chi connectivity index (χ2n) is 33.0. The van der Waals surface area contributed by atoms with Crippen molar-refractivity contribution in [1.82, 2.24) is 0 Å². The van der Waals surface area contributed by atoms with Gasteiger partial charge in [-0.3, -0.25) is 0 Å². The van der Waals surface area contributed by atoms with E-state index in [1.54, 1.807) is 7.11 Å². The highest BCUT2D eigenvalue weighted by atomic mass is 16.6. The van der Waals surface area contributed by atoms with Gasteiger partial charge in [0.2, 0.25) is 0 Å². The fraction of sp³-hybridized carbons (Fsp3) is 0.339. The number of ether oxygens (including phenoxy) is 18. The van der Waals surface area contributed by atoms with Crippen LogP contribution in [0.25, 0.3) is 33.4 Å². The zero-order valence-electron chi connectivity index (χ0n) is 87.2. The minimum atomic E-state index is -0.0354. The van der Waals surface area contributed by atoms with E-state index in [9.17, 15) is 0 Å². The molecule has 0 fully saturated rings. The molecule has 12 aromatic rings. The second-order valence-corrected chi connectivity index (χ2v) is 33.0. The molecule has 0 saturated heterocycles. The van der Waals surface area contributed by atoms with E-state index >= 15 is 0 Å². The molecule has 145 heavy (non-hydrogen) atoms. The molecule has 0 radical (unpaired) electrons. The molecule has 18 nitrogen and oxygen atoms in total. The third kappa shape index (κ3) is 54.2. The largest absolute Gasteiger partial charge is 0.498 e. The summed E-state index contributed by atoms with van der Waals surface area (Å²) in [5, 5.41) is 0. The Morgan fingerprint density at radius 3 is 0.600 bits per heavy atom. The summed E-state index contributed by atoms with van der Waals surface area (Å²) in [6.45, 7) is 33.0. The number of hydrogen-bond donors (Lipinski definition) is 0. The lowest BCUT2D eigenvalue weighted by Gasteiger charge is -2.17. The SMILES string of the molecule is CCCCOCCOCCOC=C(c1ccccc1)c1ccccc1.CCCCOCCOCCOCCOC=C(c1ccccc1)c1ccccc1.CCCOCCOC=C(c1ccccc1)c1ccccc1.CCOCCOCCOC=C(c1ccccc1)c1ccc(C)cc1.CCOCCOCCOC=C(c1ccccc1)c1ccccc1.COCC(C)OCC(C)OC=C(c1ccccc1)c1ccccc1. The Morgan fingerprint density at radius 2 is 0.393 bits per heavy atom. The summed E-state index contributed by atoms with van der Waals surface area (Å²) < 4.78 is 99.4. The number of aryl methyl sites for hydroxylation is 1. The van der Waals surface area contributed by atoms with Crippen LogP contribution in [0.4, 0.5) is 0 Å². The zero-order valence-corrected chi connectivity index (χ0v) is 87.2. The van der Waals surface area contributed by atoms with Crippen LogP contribution in [0.15, 0.2) is 395 Å². The minimum Gasteiger partial charge on any atom is -0.498 e. The lowest BCUT2D eigenvalue weighted by Crippen LogP contribution is -2.22. The summed E-state index contributed by atoms with van der Waals surface area (Å²) in [7, 11) is 1.68. The van der Waals surface area contributed by atoms with E-state index in [1.165, 1.54) is 5.56 Å². The van der Waals surface area contributed by atoms with Gasteiger partial charge in [-0.15, -0.1) is 0 Å². The topological polar surface area (TPSA) is 166 Å². The van der Waals surface area contributed by atoms with Crippen molar-refractivity contribution in [3.63, 3.8) is 0 Å². The molecule has 0 bridgehead atoms. The van der Waals surface area contributed by atoms with Gasteiger partial charge in [0.05, 0.1) is 156 Å². The Labute approximate surface area is 866 Å². The van der Waals surface area contributed by atoms with Gasteiger partial charge in [-0.25, -0.2) is 0 Å². The standard InChI is InChI=1S/C24H32O4.C22H28O3.2C21H26O3.C20H24O3.C19H22O2/c1-2-3-14-25-15-16-26-17-18-27-19-20-28-21-24(22-10-6-4-7-11-22)23-12-8-5-9-13-23;1-2-3-14-23-15-16-24-17-18-25-19-22(20-10-6-4-7-11-20)21-12-8-5-9-13-21;1-17(14-22-3)23-15-18(2)24-16-21(19-10-6-4-7-11-19)20-12-8-5-9-13-20;1-3-22-13-14-23-15-16-24-17-21(19-7-5-4-6-8-19)20-11-9-18(2)10-12-20;1-2-21-13-14-22-15-16-23-17-20(18-9-5-3-6-10-18)19-11-7-4-8-12-19;1-2-13-20-14-15-21-16-19(17-9-5-3-6-10-17)18-11-7-4-8-12-18/h4-13,21H,2-3,14-20H2,1H3;4-13,19H,2-3,14-18H2,1H3;4-13,16-18H,14-15H2,1-3H3;4-12,17H,3,13-16H2,1-2H3;3-12,17H,2,13-16H2,1H3;3-12,16H,2,13-15H2,1H3.